The molecule has 196 valence electrons. The van der Waals surface area contributed by atoms with Gasteiger partial charge >= 0.3 is 5.97 Å². The molecule has 0 spiro atoms. The topological polar surface area (TPSA) is 83.3 Å². The third-order valence-corrected chi connectivity index (χ3v) is 8.67. The highest BCUT2D eigenvalue weighted by molar-refractivity contribution is 7.97. The fourth-order valence-corrected chi connectivity index (χ4v) is 6.63. The minimum atomic E-state index is -0.812. The third kappa shape index (κ3) is 5.62. The highest BCUT2D eigenvalue weighted by Gasteiger charge is 2.22. The molecular formula is C30H33N5O2S. The number of carboxylic acid groups (broad SMARTS) is 1. The lowest BCUT2D eigenvalue weighted by Crippen LogP contribution is -2.24. The van der Waals surface area contributed by atoms with Gasteiger partial charge in [0.15, 0.2) is 0 Å². The van der Waals surface area contributed by atoms with Gasteiger partial charge in [-0.05, 0) is 96.3 Å². The maximum Gasteiger partial charge on any atom is 0.304 e. The Morgan fingerprint density at radius 2 is 1.89 bits per heavy atom. The van der Waals surface area contributed by atoms with Crippen molar-refractivity contribution in [1.82, 2.24) is 24.6 Å². The summed E-state index contributed by atoms with van der Waals surface area (Å²) in [5, 5.41) is 22.1. The lowest BCUT2D eigenvalue weighted by molar-refractivity contribution is -0.137. The Hall–Kier alpha value is -3.20. The van der Waals surface area contributed by atoms with Crippen molar-refractivity contribution >= 4 is 29.0 Å². The highest BCUT2D eigenvalue weighted by Crippen LogP contribution is 2.35. The van der Waals surface area contributed by atoms with E-state index in [0.29, 0.717) is 0 Å². The standard InChI is InChI=1S/C30H33N5O2S/c36-30(37)19-27-23-5-3-6-26(17-23)38-34-14-11-22-8-7-21(16-25(22)20-34)4-1-2-12-31-13-15-35-29-10-9-24(27)18-28(29)32-33-35/h3,5-10,16-18,27,31H,1-2,4,11-15,19-20H2,(H,36,37). The van der Waals surface area contributed by atoms with Gasteiger partial charge in [0.2, 0.25) is 0 Å². The van der Waals surface area contributed by atoms with Gasteiger partial charge in [-0.3, -0.25) is 4.79 Å². The maximum atomic E-state index is 11.9. The minimum absolute atomic E-state index is 0.0253. The van der Waals surface area contributed by atoms with Crippen LogP contribution in [0.3, 0.4) is 0 Å². The molecule has 3 aliphatic heterocycles. The van der Waals surface area contributed by atoms with Gasteiger partial charge in [-0.25, -0.2) is 8.99 Å². The molecule has 8 heteroatoms. The molecule has 0 saturated carbocycles. The summed E-state index contributed by atoms with van der Waals surface area (Å²) in [6.45, 7) is 4.49. The Labute approximate surface area is 227 Å². The van der Waals surface area contributed by atoms with Gasteiger partial charge in [0, 0.05) is 30.4 Å². The molecule has 38 heavy (non-hydrogen) atoms. The van der Waals surface area contributed by atoms with E-state index in [1.807, 2.05) is 35.0 Å². The molecule has 7 rings (SSSR count). The number of aryl methyl sites for hydroxylation is 1. The lowest BCUT2D eigenvalue weighted by atomic mass is 9.88. The molecule has 1 aromatic heterocycles. The first-order chi connectivity index (χ1) is 18.6. The number of aromatic nitrogens is 3. The number of rotatable bonds is 2. The van der Waals surface area contributed by atoms with Crippen LogP contribution in [0.15, 0.2) is 65.6 Å². The zero-order chi connectivity index (χ0) is 25.9. The Bertz CT molecular complexity index is 1450. The smallest absolute Gasteiger partial charge is 0.304 e. The van der Waals surface area contributed by atoms with Crippen LogP contribution in [0.25, 0.3) is 11.0 Å². The van der Waals surface area contributed by atoms with Crippen molar-refractivity contribution < 1.29 is 9.90 Å². The molecule has 0 radical (unpaired) electrons. The second-order valence-electron chi connectivity index (χ2n) is 10.3. The average Bonchev–Trinajstić information content (AvgIpc) is 3.32. The van der Waals surface area contributed by atoms with Crippen LogP contribution in [0.1, 0.15) is 53.0 Å². The van der Waals surface area contributed by atoms with Crippen molar-refractivity contribution in [1.29, 1.82) is 0 Å². The highest BCUT2D eigenvalue weighted by atomic mass is 32.2. The summed E-state index contributed by atoms with van der Waals surface area (Å²) < 4.78 is 4.36. The monoisotopic (exact) mass is 527 g/mol. The zero-order valence-electron chi connectivity index (χ0n) is 21.5. The summed E-state index contributed by atoms with van der Waals surface area (Å²) in [5.41, 5.74) is 8.05. The molecule has 0 aliphatic carbocycles. The average molecular weight is 528 g/mol. The molecule has 7 nitrogen and oxygen atoms in total. The number of nitrogens with zero attached hydrogens (tertiary/aromatic N) is 4. The number of benzene rings is 3. The molecule has 3 aromatic carbocycles. The SMILES string of the molecule is O=C(O)CC1c2cccc(c2)SN2CCc3ccc(cc3C2)CCCCNCCn2nnc3cc1ccc32. The van der Waals surface area contributed by atoms with Gasteiger partial charge in [0.25, 0.3) is 0 Å². The van der Waals surface area contributed by atoms with E-state index in [1.54, 1.807) is 11.9 Å². The number of fused-ring (bicyclic) bond motifs is 7. The molecule has 4 aromatic rings. The molecule has 0 fully saturated rings. The van der Waals surface area contributed by atoms with Crippen molar-refractivity contribution in [3.63, 3.8) is 0 Å². The summed E-state index contributed by atoms with van der Waals surface area (Å²) in [6, 6.07) is 21.5. The van der Waals surface area contributed by atoms with Crippen molar-refractivity contribution in [3.8, 4) is 0 Å². The summed E-state index contributed by atoms with van der Waals surface area (Å²) in [7, 11) is 0. The number of hydrogen-bond donors (Lipinski definition) is 2. The van der Waals surface area contributed by atoms with Crippen LogP contribution in [-0.2, 0) is 30.7 Å². The van der Waals surface area contributed by atoms with E-state index in [1.165, 1.54) is 23.1 Å². The Morgan fingerprint density at radius 3 is 2.82 bits per heavy atom. The van der Waals surface area contributed by atoms with E-state index in [2.05, 4.69) is 50.3 Å². The van der Waals surface area contributed by atoms with E-state index in [9.17, 15) is 9.90 Å². The third-order valence-electron chi connectivity index (χ3n) is 7.63. The van der Waals surface area contributed by atoms with Crippen LogP contribution in [-0.4, -0.2) is 50.0 Å². The Morgan fingerprint density at radius 1 is 0.974 bits per heavy atom. The minimum Gasteiger partial charge on any atom is -0.481 e. The number of aliphatic carboxylic acids is 1. The molecular weight excluding hydrogens is 494 g/mol. The lowest BCUT2D eigenvalue weighted by Gasteiger charge is -2.28. The molecule has 2 N–H and O–H groups in total. The van der Waals surface area contributed by atoms with E-state index in [-0.39, 0.29) is 12.3 Å². The quantitative estimate of drug-likeness (QED) is 0.354. The van der Waals surface area contributed by atoms with Gasteiger partial charge in [0.05, 0.1) is 18.5 Å². The molecule has 2 unspecified atom stereocenters. The Balaban J connectivity index is 1.34. The van der Waals surface area contributed by atoms with Crippen LogP contribution in [0.2, 0.25) is 0 Å². The van der Waals surface area contributed by atoms with E-state index in [4.69, 9.17) is 0 Å². The molecule has 0 saturated heterocycles. The zero-order valence-corrected chi connectivity index (χ0v) is 22.3. The molecule has 9 bridgehead atoms. The van der Waals surface area contributed by atoms with Crippen LogP contribution < -0.4 is 5.32 Å². The van der Waals surface area contributed by atoms with Crippen LogP contribution in [0.5, 0.6) is 0 Å². The van der Waals surface area contributed by atoms with Crippen LogP contribution in [0, 0.1) is 0 Å². The fraction of sp³-hybridized carbons (Fsp3) is 0.367. The maximum absolute atomic E-state index is 11.9. The fourth-order valence-electron chi connectivity index (χ4n) is 5.62. The predicted molar refractivity (Wildman–Crippen MR) is 150 cm³/mol. The second-order valence-corrected chi connectivity index (χ2v) is 11.5. The molecule has 0 amide bonds. The van der Waals surface area contributed by atoms with Crippen LogP contribution in [0.4, 0.5) is 0 Å². The Kier molecular flexibility index (Phi) is 7.44. The van der Waals surface area contributed by atoms with Gasteiger partial charge in [-0.1, -0.05) is 41.6 Å². The molecule has 3 aliphatic rings. The van der Waals surface area contributed by atoms with E-state index in [0.717, 1.165) is 79.0 Å². The van der Waals surface area contributed by atoms with Gasteiger partial charge in [-0.15, -0.1) is 5.10 Å². The van der Waals surface area contributed by atoms with Gasteiger partial charge in [0.1, 0.15) is 5.52 Å². The predicted octanol–water partition coefficient (Wildman–Crippen LogP) is 5.03. The van der Waals surface area contributed by atoms with Crippen molar-refractivity contribution in [2.45, 2.75) is 56.0 Å². The van der Waals surface area contributed by atoms with E-state index < -0.39 is 5.97 Å². The number of nitrogens with one attached hydrogen (secondary N) is 1. The summed E-state index contributed by atoms with van der Waals surface area (Å²) in [5.74, 6) is -1.07. The normalized spacial score (nSPS) is 20.3. The number of carbonyl (C=O) groups is 1. The first-order valence-electron chi connectivity index (χ1n) is 13.5. The second kappa shape index (κ2) is 11.3. The van der Waals surface area contributed by atoms with Crippen LogP contribution >= 0.6 is 11.9 Å². The largest absolute Gasteiger partial charge is 0.481 e. The molecule has 4 heterocycles. The van der Waals surface area contributed by atoms with Crippen molar-refractivity contribution in [2.75, 3.05) is 19.6 Å². The van der Waals surface area contributed by atoms with Crippen molar-refractivity contribution in [2.24, 2.45) is 0 Å². The van der Waals surface area contributed by atoms with E-state index >= 15 is 0 Å². The summed E-state index contributed by atoms with van der Waals surface area (Å²) >= 11 is 1.77. The van der Waals surface area contributed by atoms with Gasteiger partial charge in [-0.2, -0.15) is 0 Å². The number of carboxylic acids is 1. The van der Waals surface area contributed by atoms with Crippen molar-refractivity contribution in [3.05, 3.63) is 88.5 Å². The van der Waals surface area contributed by atoms with Gasteiger partial charge < -0.3 is 10.4 Å². The first kappa shape index (κ1) is 25.1. The number of hydrogen-bond acceptors (Lipinski definition) is 6. The first-order valence-corrected chi connectivity index (χ1v) is 14.3. The summed E-state index contributed by atoms with van der Waals surface area (Å²) in [6.07, 6.45) is 4.49. The summed E-state index contributed by atoms with van der Waals surface area (Å²) in [4.78, 5) is 13.0. The molecule has 2 atom stereocenters.